The van der Waals surface area contributed by atoms with E-state index in [1.54, 1.807) is 25.1 Å². The minimum absolute atomic E-state index is 0.129. The second kappa shape index (κ2) is 7.14. The Kier molecular flexibility index (Phi) is 4.61. The fourth-order valence-corrected chi connectivity index (χ4v) is 3.73. The molecule has 0 saturated carbocycles. The zero-order valence-electron chi connectivity index (χ0n) is 16.3. The summed E-state index contributed by atoms with van der Waals surface area (Å²) in [6.07, 6.45) is -1.11. The number of oxime groups is 1. The predicted octanol–water partition coefficient (Wildman–Crippen LogP) is 2.21. The van der Waals surface area contributed by atoms with Gasteiger partial charge >= 0.3 is 0 Å². The minimum atomic E-state index is -1.11. The number of nitrogens with zero attached hydrogens (tertiary/aromatic N) is 3. The molecule has 1 fully saturated rings. The molecule has 0 unspecified atom stereocenters. The Bertz CT molecular complexity index is 1110. The largest absolute Gasteiger partial charge is 0.493 e. The number of fused-ring (bicyclic) bond motifs is 1. The van der Waals surface area contributed by atoms with Gasteiger partial charge in [0.15, 0.2) is 11.5 Å². The number of rotatable bonds is 5. The lowest BCUT2D eigenvalue weighted by Gasteiger charge is -2.18. The monoisotopic (exact) mass is 411 g/mol. The molecular weight excluding hydrogens is 394 g/mol. The molecule has 154 valence electrons. The highest BCUT2D eigenvalue weighted by atomic mass is 16.7. The molecule has 0 aliphatic carbocycles. The number of non-ortho nitro benzene ring substituents is 1. The van der Waals surface area contributed by atoms with Crippen LogP contribution in [-0.2, 0) is 14.4 Å². The van der Waals surface area contributed by atoms with E-state index in [2.05, 4.69) is 5.16 Å². The number of hydrogen-bond donors (Lipinski definition) is 0. The molecule has 2 aliphatic heterocycles. The van der Waals surface area contributed by atoms with Crippen LogP contribution in [0, 0.1) is 23.0 Å². The number of carbonyl (C=O) groups excluding carboxylic acids is 2. The van der Waals surface area contributed by atoms with Crippen LogP contribution in [0.4, 0.5) is 11.4 Å². The van der Waals surface area contributed by atoms with Crippen molar-refractivity contribution in [2.45, 2.75) is 13.0 Å². The summed E-state index contributed by atoms with van der Waals surface area (Å²) in [4.78, 5) is 43.0. The number of hydrogen-bond acceptors (Lipinski definition) is 8. The molecule has 2 aliphatic rings. The van der Waals surface area contributed by atoms with Crippen LogP contribution in [0.1, 0.15) is 11.1 Å². The van der Waals surface area contributed by atoms with Gasteiger partial charge in [-0.1, -0.05) is 11.2 Å². The summed E-state index contributed by atoms with van der Waals surface area (Å²) >= 11 is 0. The maximum absolute atomic E-state index is 13.2. The van der Waals surface area contributed by atoms with Crippen LogP contribution in [0.15, 0.2) is 41.6 Å². The molecule has 10 heteroatoms. The number of amides is 2. The number of carbonyl (C=O) groups is 2. The number of aryl methyl sites for hydroxylation is 1. The van der Waals surface area contributed by atoms with Crippen molar-refractivity contribution < 1.29 is 28.8 Å². The van der Waals surface area contributed by atoms with Crippen molar-refractivity contribution >= 4 is 28.9 Å². The number of nitro benzene ring substituents is 1. The zero-order chi connectivity index (χ0) is 21.6. The van der Waals surface area contributed by atoms with Crippen molar-refractivity contribution in [1.82, 2.24) is 0 Å². The first kappa shape index (κ1) is 19.4. The predicted molar refractivity (Wildman–Crippen MR) is 105 cm³/mol. The highest BCUT2D eigenvalue weighted by Crippen LogP contribution is 2.40. The van der Waals surface area contributed by atoms with Crippen molar-refractivity contribution in [3.63, 3.8) is 0 Å². The maximum Gasteiger partial charge on any atom is 0.278 e. The Morgan fingerprint density at radius 1 is 1.13 bits per heavy atom. The second-order valence-corrected chi connectivity index (χ2v) is 6.76. The van der Waals surface area contributed by atoms with Crippen LogP contribution in [0.3, 0.4) is 0 Å². The highest BCUT2D eigenvalue weighted by Gasteiger charge is 2.56. The molecule has 2 aromatic rings. The van der Waals surface area contributed by atoms with Crippen molar-refractivity contribution in [1.29, 1.82) is 0 Å². The SMILES string of the molecule is COc1cccc(C2=NO[C@@H]3C(=O)N(c4ccc([N+](=O)[O-])cc4C)C(=O)[C@H]23)c1OC. The van der Waals surface area contributed by atoms with Crippen molar-refractivity contribution in [3.8, 4) is 11.5 Å². The van der Waals surface area contributed by atoms with Crippen LogP contribution in [0.2, 0.25) is 0 Å². The van der Waals surface area contributed by atoms with E-state index in [4.69, 9.17) is 14.3 Å². The van der Waals surface area contributed by atoms with Gasteiger partial charge in [-0.25, -0.2) is 4.90 Å². The first-order valence-corrected chi connectivity index (χ1v) is 8.97. The first-order chi connectivity index (χ1) is 14.4. The molecule has 4 rings (SSSR count). The van der Waals surface area contributed by atoms with Gasteiger partial charge in [0.05, 0.1) is 24.8 Å². The molecule has 10 nitrogen and oxygen atoms in total. The number of benzene rings is 2. The quantitative estimate of drug-likeness (QED) is 0.420. The number of nitro groups is 1. The van der Waals surface area contributed by atoms with Crippen LogP contribution in [0.25, 0.3) is 0 Å². The van der Waals surface area contributed by atoms with Gasteiger partial charge in [-0.05, 0) is 30.7 Å². The normalized spacial score (nSPS) is 20.0. The summed E-state index contributed by atoms with van der Waals surface area (Å²) in [5.74, 6) is -1.26. The number of imide groups is 1. The number of anilines is 1. The molecule has 2 amide bonds. The summed E-state index contributed by atoms with van der Waals surface area (Å²) in [6, 6.07) is 9.05. The van der Waals surface area contributed by atoms with Gasteiger partial charge < -0.3 is 14.3 Å². The van der Waals surface area contributed by atoms with Crippen molar-refractivity contribution in [2.75, 3.05) is 19.1 Å². The van der Waals surface area contributed by atoms with E-state index in [1.807, 2.05) is 0 Å². The third-order valence-electron chi connectivity index (χ3n) is 5.12. The molecule has 30 heavy (non-hydrogen) atoms. The maximum atomic E-state index is 13.2. The lowest BCUT2D eigenvalue weighted by atomic mass is 9.93. The van der Waals surface area contributed by atoms with Gasteiger partial charge in [-0.15, -0.1) is 0 Å². The van der Waals surface area contributed by atoms with Crippen molar-refractivity contribution in [2.24, 2.45) is 11.1 Å². The van der Waals surface area contributed by atoms with E-state index in [-0.39, 0.29) is 17.1 Å². The number of ether oxygens (including phenoxy) is 2. The van der Waals surface area contributed by atoms with Crippen LogP contribution in [-0.4, -0.2) is 42.8 Å². The molecule has 2 atom stereocenters. The second-order valence-electron chi connectivity index (χ2n) is 6.76. The molecule has 2 heterocycles. The van der Waals surface area contributed by atoms with Crippen molar-refractivity contribution in [3.05, 3.63) is 57.6 Å². The first-order valence-electron chi connectivity index (χ1n) is 8.97. The minimum Gasteiger partial charge on any atom is -0.493 e. The van der Waals surface area contributed by atoms with Gasteiger partial charge in [0.25, 0.3) is 11.6 Å². The smallest absolute Gasteiger partial charge is 0.278 e. The van der Waals surface area contributed by atoms with Gasteiger partial charge in [0.1, 0.15) is 11.6 Å². The van der Waals surface area contributed by atoms with E-state index in [0.29, 0.717) is 22.6 Å². The highest BCUT2D eigenvalue weighted by molar-refractivity contribution is 6.33. The van der Waals surface area contributed by atoms with Gasteiger partial charge in [0, 0.05) is 17.7 Å². The van der Waals surface area contributed by atoms with Gasteiger partial charge in [-0.2, -0.15) is 0 Å². The molecule has 0 N–H and O–H groups in total. The number of para-hydroxylation sites is 1. The molecule has 0 aromatic heterocycles. The van der Waals surface area contributed by atoms with Gasteiger partial charge in [0.2, 0.25) is 12.0 Å². The third kappa shape index (κ3) is 2.76. The van der Waals surface area contributed by atoms with E-state index in [1.165, 1.54) is 32.4 Å². The summed E-state index contributed by atoms with van der Waals surface area (Å²) in [6.45, 7) is 1.60. The average molecular weight is 411 g/mol. The molecule has 1 saturated heterocycles. The van der Waals surface area contributed by atoms with E-state index in [0.717, 1.165) is 4.90 Å². The summed E-state index contributed by atoms with van der Waals surface area (Å²) in [5, 5.41) is 15.0. The fourth-order valence-electron chi connectivity index (χ4n) is 3.73. The van der Waals surface area contributed by atoms with Crippen LogP contribution < -0.4 is 14.4 Å². The number of methoxy groups -OCH3 is 2. The summed E-state index contributed by atoms with van der Waals surface area (Å²) in [7, 11) is 2.95. The summed E-state index contributed by atoms with van der Waals surface area (Å²) < 4.78 is 10.7. The topological polar surface area (TPSA) is 121 Å². The Balaban J connectivity index is 1.74. The Hall–Kier alpha value is -3.95. The standard InChI is InChI=1S/C20H17N3O7/c1-10-9-11(23(26)27)7-8-13(10)22-19(24)15-16(21-30-18(15)20(22)25)12-5-4-6-14(28-2)17(12)29-3/h4-9,15,18H,1-3H3/t15-,18+/m1/s1. The summed E-state index contributed by atoms with van der Waals surface area (Å²) in [5.41, 5.74) is 1.30. The Morgan fingerprint density at radius 3 is 2.53 bits per heavy atom. The molecule has 2 aromatic carbocycles. The Morgan fingerprint density at radius 2 is 1.90 bits per heavy atom. The zero-order valence-corrected chi connectivity index (χ0v) is 16.3. The van der Waals surface area contributed by atoms with Crippen LogP contribution in [0.5, 0.6) is 11.5 Å². The van der Waals surface area contributed by atoms with Crippen LogP contribution >= 0.6 is 0 Å². The average Bonchev–Trinajstić information content (AvgIpc) is 3.27. The fraction of sp³-hybridized carbons (Fsp3) is 0.250. The molecular formula is C20H17N3O7. The van der Waals surface area contributed by atoms with E-state index >= 15 is 0 Å². The Labute approximate surface area is 170 Å². The molecule has 0 radical (unpaired) electrons. The molecule has 0 bridgehead atoms. The molecule has 0 spiro atoms. The van der Waals surface area contributed by atoms with E-state index < -0.39 is 28.8 Å². The lowest BCUT2D eigenvalue weighted by molar-refractivity contribution is -0.384. The lowest BCUT2D eigenvalue weighted by Crippen LogP contribution is -2.33. The van der Waals surface area contributed by atoms with E-state index in [9.17, 15) is 19.7 Å². The third-order valence-corrected chi connectivity index (χ3v) is 5.12. The van der Waals surface area contributed by atoms with Gasteiger partial charge in [-0.3, -0.25) is 19.7 Å².